The lowest BCUT2D eigenvalue weighted by Gasteiger charge is -2.31. The lowest BCUT2D eigenvalue weighted by molar-refractivity contribution is -0.143. The van der Waals surface area contributed by atoms with Gasteiger partial charge < -0.3 is 126 Å². The summed E-state index contributed by atoms with van der Waals surface area (Å²) in [5.41, 5.74) is 13.1. The molecule has 2 aliphatic heterocycles. The minimum atomic E-state index is -1.77. The first-order chi connectivity index (χ1) is 66.5. The van der Waals surface area contributed by atoms with Crippen LogP contribution in [0, 0.1) is 5.41 Å². The predicted octanol–water partition coefficient (Wildman–Crippen LogP) is -2.03. The molecule has 2 aliphatic rings. The zero-order valence-electron chi connectivity index (χ0n) is 78.8. The van der Waals surface area contributed by atoms with E-state index in [1.807, 2.05) is 18.2 Å². The molecule has 7 rings (SSSR count). The van der Waals surface area contributed by atoms with E-state index in [9.17, 15) is 72.9 Å². The van der Waals surface area contributed by atoms with Crippen LogP contribution in [0.25, 0.3) is 10.9 Å². The number of Topliss-reactive ketones (excluding diaryl/α,β-unsaturated/α-hetero) is 1. The number of primary amides is 1. The number of amides is 15. The van der Waals surface area contributed by atoms with E-state index in [1.165, 1.54) is 70.8 Å². The van der Waals surface area contributed by atoms with Crippen molar-refractivity contribution in [3.8, 4) is 0 Å². The number of aliphatic hydroxyl groups excluding tert-OH is 3. The number of hydrogen-bond acceptors (Lipinski definition) is 26. The molecule has 5 aromatic rings. The van der Waals surface area contributed by atoms with Crippen molar-refractivity contribution < 1.29 is 102 Å². The molecular formula is C92H141N25O21. The molecule has 0 unspecified atom stereocenters. The molecule has 5 heterocycles. The summed E-state index contributed by atoms with van der Waals surface area (Å²) in [5.74, 6) is -13.2. The quantitative estimate of drug-likeness (QED) is 0.0113. The molecule has 15 amide bonds. The molecule has 3 aromatic heterocycles. The number of aromatic amines is 3. The smallest absolute Gasteiger partial charge is 0.246 e. The maximum atomic E-state index is 15.4. The van der Waals surface area contributed by atoms with Crippen LogP contribution in [-0.4, -0.2) is 301 Å². The topological polar surface area (TPSA) is 699 Å². The Kier molecular flexibility index (Phi) is 50.9. The molecule has 2 fully saturated rings. The number of ether oxygens (including phenoxy) is 2. The van der Waals surface area contributed by atoms with Crippen LogP contribution >= 0.6 is 0 Å². The molecule has 0 radical (unpaired) electrons. The Morgan fingerprint density at radius 3 is 1.88 bits per heavy atom. The van der Waals surface area contributed by atoms with Gasteiger partial charge in [-0.25, -0.2) is 10.1 Å². The summed E-state index contributed by atoms with van der Waals surface area (Å²) in [7, 11) is 0. The Labute approximate surface area is 801 Å². The second-order valence-corrected chi connectivity index (χ2v) is 34.6. The fourth-order valence-electron chi connectivity index (χ4n) is 15.9. The number of para-hydroxylation sites is 1. The summed E-state index contributed by atoms with van der Waals surface area (Å²) in [6.07, 6.45) is 16.6. The molecule has 2 saturated heterocycles. The van der Waals surface area contributed by atoms with Crippen molar-refractivity contribution in [3.63, 3.8) is 0 Å². The first kappa shape index (κ1) is 112. The third-order valence-corrected chi connectivity index (χ3v) is 23.6. The summed E-state index contributed by atoms with van der Waals surface area (Å²) in [6.45, 7) is 0.162. The molecule has 12 atom stereocenters. The number of carbonyl (C=O) groups is 16. The van der Waals surface area contributed by atoms with Gasteiger partial charge in [-0.2, -0.15) is 0 Å². The van der Waals surface area contributed by atoms with Gasteiger partial charge in [-0.1, -0.05) is 139 Å². The molecule has 760 valence electrons. The van der Waals surface area contributed by atoms with E-state index in [0.717, 1.165) is 60.2 Å². The SMILES string of the molecule is CCCC[C@H](NC(=O)[C@H](CCO)NC(=O)[C@H](Cc1c[nH]cn1)NC(=O)[C@H](CCC(N)=O)NC(=O)[C@H](CO)NC(=O)CNC(=O)COCCOCCNC(=O)CCCCCCCCCCCCCCCc1nnn[nH]1)C(=O)N[C@H]1CCC(=O)NCCCC[C@@H](C(C)=O)NC(=O)[C@H](Cc2c[nH]c3ccccc23)NC(=O)[C@H](CCCNC(=N)N)NC(=O)[C@@H](Cc2ccccc2)NC(=O)[C@@H]2C[C@@H](O)CN2C1=O. The van der Waals surface area contributed by atoms with Crippen LogP contribution in [-0.2, 0) is 112 Å². The molecule has 0 spiro atoms. The molecule has 0 aliphatic carbocycles. The van der Waals surface area contributed by atoms with E-state index in [-0.39, 0.29) is 115 Å². The second-order valence-electron chi connectivity index (χ2n) is 34.6. The Bertz CT molecular complexity index is 4680. The molecule has 46 heteroatoms. The van der Waals surface area contributed by atoms with Gasteiger partial charge in [-0.3, -0.25) is 82.1 Å². The molecule has 0 saturated carbocycles. The van der Waals surface area contributed by atoms with Crippen LogP contribution in [0.1, 0.15) is 216 Å². The molecule has 138 heavy (non-hydrogen) atoms. The van der Waals surface area contributed by atoms with Gasteiger partial charge in [-0.15, -0.1) is 5.10 Å². The number of H-pyrrole nitrogens is 3. The standard InChI is InChI=1S/C92H141N25O21/c1-3-4-29-66(82(127)109-70-36-38-79(124)97-40-24-23-30-64(58(2)120)104-87(132)72(48-60-51-100-65-31-22-21-28-63(60)65)110-83(128)67(32-25-41-99-92(94)95)106-86(131)71(47-59-26-17-16-18-27-59)112-90(135)75-50-62(121)54-117(75)91(70)136)105-85(130)69(39-43-118)108-88(133)73(49-61-52-96-57-102-61)111-84(129)68(35-37-76(93)122)107-89(134)74(55-119)103-80(125)53-101-81(126)56-138-46-45-137-44-42-98-78(123)34-20-15-13-11-9-7-5-6-8-10-12-14-19-33-77-113-115-116-114-77/h16-18,21-22,26-28,31,51-52,57,62,64,66-75,100,118-119,121H,3-15,19-20,23-25,29-30,32-50,53-56H2,1-2H3,(H2,93,122)(H,96,102)(H,97,124)(H,98,123)(H,101,126)(H,103,125)(H,104,132)(H,105,130)(H,106,131)(H,107,134)(H,108,133)(H,109,127)(H,110,128)(H,111,129)(H,112,135)(H4,94,95,99)(H,113,114,115,116)/t62-,64+,66+,67+,68+,69+,70+,71-,72+,73+,74+,75+/m1/s1. The highest BCUT2D eigenvalue weighted by molar-refractivity contribution is 6.01. The number of aryl methyl sites for hydroxylation is 1. The maximum Gasteiger partial charge on any atom is 0.246 e. The van der Waals surface area contributed by atoms with Crippen molar-refractivity contribution in [1.82, 2.24) is 115 Å². The van der Waals surface area contributed by atoms with Crippen molar-refractivity contribution in [3.05, 3.63) is 96.0 Å². The summed E-state index contributed by atoms with van der Waals surface area (Å²) in [6, 6.07) is -1.45. The first-order valence-electron chi connectivity index (χ1n) is 47.9. The van der Waals surface area contributed by atoms with Crippen molar-refractivity contribution in [2.75, 3.05) is 72.4 Å². The lowest BCUT2D eigenvalue weighted by atomic mass is 10.0. The minimum Gasteiger partial charge on any atom is -0.396 e. The molecule has 2 aromatic carbocycles. The average Bonchev–Trinajstić information content (AvgIpc) is 1.66. The van der Waals surface area contributed by atoms with Gasteiger partial charge in [0.05, 0.1) is 57.1 Å². The van der Waals surface area contributed by atoms with Crippen molar-refractivity contribution in [1.29, 1.82) is 5.41 Å². The van der Waals surface area contributed by atoms with Gasteiger partial charge in [0.1, 0.15) is 72.8 Å². The number of benzene rings is 2. The summed E-state index contributed by atoms with van der Waals surface area (Å²) in [5, 5.41) is 91.1. The van der Waals surface area contributed by atoms with Crippen molar-refractivity contribution >= 4 is 111 Å². The lowest BCUT2D eigenvalue weighted by Crippen LogP contribution is -2.61. The van der Waals surface area contributed by atoms with Crippen LogP contribution in [0.5, 0.6) is 0 Å². The Morgan fingerprint density at radius 2 is 1.22 bits per heavy atom. The Hall–Kier alpha value is -13.0. The number of carbonyl (C=O) groups excluding carboxylic acids is 16. The number of rotatable bonds is 57. The van der Waals surface area contributed by atoms with E-state index >= 15 is 19.2 Å². The highest BCUT2D eigenvalue weighted by atomic mass is 16.5. The van der Waals surface area contributed by atoms with Crippen LogP contribution in [0.2, 0.25) is 0 Å². The van der Waals surface area contributed by atoms with Gasteiger partial charge in [0.15, 0.2) is 11.7 Å². The summed E-state index contributed by atoms with van der Waals surface area (Å²) >= 11 is 0. The van der Waals surface area contributed by atoms with Gasteiger partial charge in [0.2, 0.25) is 88.6 Å². The first-order valence-corrected chi connectivity index (χ1v) is 47.9. The van der Waals surface area contributed by atoms with Gasteiger partial charge in [0.25, 0.3) is 0 Å². The number of hydrogen-bond donors (Lipinski definition) is 23. The summed E-state index contributed by atoms with van der Waals surface area (Å²) < 4.78 is 10.8. The number of ketones is 1. The van der Waals surface area contributed by atoms with E-state index in [1.54, 1.807) is 49.5 Å². The van der Waals surface area contributed by atoms with Gasteiger partial charge in [-0.05, 0) is 105 Å². The van der Waals surface area contributed by atoms with E-state index in [4.69, 9.17) is 26.4 Å². The van der Waals surface area contributed by atoms with E-state index < -0.39 is 239 Å². The number of nitrogens with two attached hydrogens (primary N) is 2. The largest absolute Gasteiger partial charge is 0.396 e. The normalized spacial score (nSPS) is 18.7. The fourth-order valence-corrected chi connectivity index (χ4v) is 15.9. The van der Waals surface area contributed by atoms with Gasteiger partial charge in [0, 0.05) is 107 Å². The monoisotopic (exact) mass is 1930 g/mol. The third-order valence-electron chi connectivity index (χ3n) is 23.6. The minimum absolute atomic E-state index is 0.0139. The summed E-state index contributed by atoms with van der Waals surface area (Å²) in [4.78, 5) is 236. The molecule has 25 N–H and O–H groups in total. The predicted molar refractivity (Wildman–Crippen MR) is 503 cm³/mol. The Balaban J connectivity index is 0.958. The van der Waals surface area contributed by atoms with Crippen molar-refractivity contribution in [2.24, 2.45) is 11.5 Å². The van der Waals surface area contributed by atoms with Gasteiger partial charge >= 0.3 is 0 Å². The molecule has 46 nitrogen and oxygen atoms in total. The zero-order valence-corrected chi connectivity index (χ0v) is 78.8. The number of fused-ring (bicyclic) bond motifs is 2. The number of tetrazole rings is 1. The third kappa shape index (κ3) is 41.9. The van der Waals surface area contributed by atoms with Crippen LogP contribution in [0.3, 0.4) is 0 Å². The Morgan fingerprint density at radius 1 is 0.601 bits per heavy atom. The highest BCUT2D eigenvalue weighted by Gasteiger charge is 2.44. The van der Waals surface area contributed by atoms with E-state index in [0.29, 0.717) is 24.0 Å². The molecular weight excluding hydrogens is 1790 g/mol. The van der Waals surface area contributed by atoms with Crippen LogP contribution in [0.4, 0.5) is 0 Å². The highest BCUT2D eigenvalue weighted by Crippen LogP contribution is 2.24. The number of nitrogens with one attached hydrogen (secondary N) is 18. The van der Waals surface area contributed by atoms with E-state index in [2.05, 4.69) is 110 Å². The van der Waals surface area contributed by atoms with Crippen LogP contribution < -0.4 is 85.9 Å². The molecule has 0 bridgehead atoms. The maximum absolute atomic E-state index is 15.4. The number of guanidine groups is 1. The van der Waals surface area contributed by atoms with Crippen molar-refractivity contribution in [2.45, 2.75) is 292 Å². The zero-order chi connectivity index (χ0) is 99.9. The number of nitrogens with zero attached hydrogens (tertiary/aromatic N) is 5. The second kappa shape index (κ2) is 62.7. The number of unbranched alkanes of at least 4 members (excludes halogenated alkanes) is 13. The number of imidazole rings is 1. The fraction of sp³-hybridized carbons (Fsp3) is 0.620. The number of aliphatic hydroxyl groups is 3. The van der Waals surface area contributed by atoms with Crippen LogP contribution in [0.15, 0.2) is 73.3 Å². The average molecular weight is 1930 g/mol. The number of aromatic nitrogens is 7.